The summed E-state index contributed by atoms with van der Waals surface area (Å²) in [5.41, 5.74) is 0.975. The molecule has 1 aromatic rings. The molecule has 0 radical (unpaired) electrons. The zero-order valence-corrected chi connectivity index (χ0v) is 20.1. The summed E-state index contributed by atoms with van der Waals surface area (Å²) < 4.78 is 5.71. The third kappa shape index (κ3) is 9.64. The number of ether oxygens (including phenoxy) is 1. The molecule has 0 bridgehead atoms. The van der Waals surface area contributed by atoms with Crippen LogP contribution >= 0.6 is 24.0 Å². The Balaban J connectivity index is 0.00000420. The van der Waals surface area contributed by atoms with Crippen LogP contribution in [0.5, 0.6) is 5.88 Å². The van der Waals surface area contributed by atoms with Gasteiger partial charge in [0.15, 0.2) is 5.96 Å². The molecule has 1 aromatic heterocycles. The van der Waals surface area contributed by atoms with Gasteiger partial charge in [0.1, 0.15) is 0 Å². The van der Waals surface area contributed by atoms with Crippen LogP contribution in [0.25, 0.3) is 0 Å². The number of halogens is 1. The third-order valence-corrected chi connectivity index (χ3v) is 4.61. The summed E-state index contributed by atoms with van der Waals surface area (Å²) in [4.78, 5) is 23.0. The Labute approximate surface area is 192 Å². The SMILES string of the molecule is CCCOc1ncccc1CN=C(NCC)NCCCN1CCCCCC1=O.I. The number of aliphatic imine (C=N–C) groups is 1. The molecule has 2 N–H and O–H groups in total. The summed E-state index contributed by atoms with van der Waals surface area (Å²) in [6, 6.07) is 3.90. The number of hydrogen-bond donors (Lipinski definition) is 2. The number of nitrogens with one attached hydrogen (secondary N) is 2. The first-order valence-electron chi connectivity index (χ1n) is 10.6. The molecule has 0 aromatic carbocycles. The van der Waals surface area contributed by atoms with Crippen LogP contribution in [0, 0.1) is 0 Å². The Morgan fingerprint density at radius 3 is 2.93 bits per heavy atom. The lowest BCUT2D eigenvalue weighted by molar-refractivity contribution is -0.130. The van der Waals surface area contributed by atoms with Gasteiger partial charge in [0.05, 0.1) is 13.2 Å². The first-order chi connectivity index (χ1) is 13.7. The molecule has 1 aliphatic heterocycles. The second kappa shape index (κ2) is 15.3. The average Bonchev–Trinajstić information content (AvgIpc) is 2.92. The van der Waals surface area contributed by atoms with Crippen LogP contribution in [0.3, 0.4) is 0 Å². The minimum atomic E-state index is 0. The summed E-state index contributed by atoms with van der Waals surface area (Å²) in [6.07, 6.45) is 7.61. The molecule has 1 aliphatic rings. The number of guanidine groups is 1. The van der Waals surface area contributed by atoms with Gasteiger partial charge in [-0.15, -0.1) is 24.0 Å². The molecule has 0 aliphatic carbocycles. The van der Waals surface area contributed by atoms with Gasteiger partial charge in [-0.25, -0.2) is 9.98 Å². The second-order valence-corrected chi connectivity index (χ2v) is 6.98. The highest BCUT2D eigenvalue weighted by molar-refractivity contribution is 14.0. The average molecular weight is 517 g/mol. The summed E-state index contributed by atoms with van der Waals surface area (Å²) in [7, 11) is 0. The molecule has 1 fully saturated rings. The molecule has 0 unspecified atom stereocenters. The van der Waals surface area contributed by atoms with E-state index in [-0.39, 0.29) is 24.0 Å². The molecular formula is C21H36IN5O2. The van der Waals surface area contributed by atoms with Crippen LogP contribution in [0.4, 0.5) is 0 Å². The smallest absolute Gasteiger partial charge is 0.222 e. The molecule has 2 rings (SSSR count). The first kappa shape index (κ1) is 25.5. The molecular weight excluding hydrogens is 481 g/mol. The van der Waals surface area contributed by atoms with Crippen molar-refractivity contribution in [2.24, 2.45) is 4.99 Å². The lowest BCUT2D eigenvalue weighted by Gasteiger charge is -2.20. The van der Waals surface area contributed by atoms with Crippen LogP contribution in [0.15, 0.2) is 23.3 Å². The standard InChI is InChI=1S/C21H35N5O2.HI/c1-3-16-28-20-18(10-8-12-23-20)17-25-21(22-4-2)24-13-9-15-26-14-7-5-6-11-19(26)27;/h8,10,12H,3-7,9,11,13-17H2,1-2H3,(H2,22,24,25);1H. The van der Waals surface area contributed by atoms with E-state index in [0.717, 1.165) is 69.8 Å². The van der Waals surface area contributed by atoms with Crippen molar-refractivity contribution in [2.45, 2.75) is 58.9 Å². The van der Waals surface area contributed by atoms with Gasteiger partial charge in [-0.1, -0.05) is 19.4 Å². The van der Waals surface area contributed by atoms with E-state index in [1.807, 2.05) is 24.0 Å². The number of aromatic nitrogens is 1. The highest BCUT2D eigenvalue weighted by Gasteiger charge is 2.15. The number of rotatable bonds is 10. The molecule has 7 nitrogen and oxygen atoms in total. The topological polar surface area (TPSA) is 78.9 Å². The molecule has 0 atom stereocenters. The maximum absolute atomic E-state index is 12.1. The van der Waals surface area contributed by atoms with Gasteiger partial charge < -0.3 is 20.3 Å². The summed E-state index contributed by atoms with van der Waals surface area (Å²) in [5.74, 6) is 1.73. The zero-order chi connectivity index (χ0) is 20.0. The first-order valence-corrected chi connectivity index (χ1v) is 10.6. The van der Waals surface area contributed by atoms with Crippen molar-refractivity contribution in [2.75, 3.05) is 32.8 Å². The van der Waals surface area contributed by atoms with Crippen molar-refractivity contribution in [3.63, 3.8) is 0 Å². The van der Waals surface area contributed by atoms with E-state index < -0.39 is 0 Å². The maximum Gasteiger partial charge on any atom is 0.222 e. The Morgan fingerprint density at radius 2 is 2.14 bits per heavy atom. The maximum atomic E-state index is 12.1. The minimum Gasteiger partial charge on any atom is -0.477 e. The fourth-order valence-corrected chi connectivity index (χ4v) is 3.13. The van der Waals surface area contributed by atoms with Gasteiger partial charge >= 0.3 is 0 Å². The molecule has 164 valence electrons. The number of nitrogens with zero attached hydrogens (tertiary/aromatic N) is 3. The highest BCUT2D eigenvalue weighted by Crippen LogP contribution is 2.15. The molecule has 0 saturated carbocycles. The van der Waals surface area contributed by atoms with Crippen LogP contribution in [-0.2, 0) is 11.3 Å². The second-order valence-electron chi connectivity index (χ2n) is 6.98. The molecule has 8 heteroatoms. The van der Waals surface area contributed by atoms with Crippen molar-refractivity contribution < 1.29 is 9.53 Å². The molecule has 2 heterocycles. The number of pyridine rings is 1. The Bertz CT molecular complexity index is 627. The summed E-state index contributed by atoms with van der Waals surface area (Å²) in [6.45, 7) is 8.57. The van der Waals surface area contributed by atoms with Crippen molar-refractivity contribution in [3.05, 3.63) is 23.9 Å². The summed E-state index contributed by atoms with van der Waals surface area (Å²) in [5, 5.41) is 6.63. The minimum absolute atomic E-state index is 0. The molecule has 0 spiro atoms. The van der Waals surface area contributed by atoms with Crippen molar-refractivity contribution in [1.82, 2.24) is 20.5 Å². The zero-order valence-electron chi connectivity index (χ0n) is 17.8. The van der Waals surface area contributed by atoms with Crippen molar-refractivity contribution >= 4 is 35.8 Å². The van der Waals surface area contributed by atoms with Crippen LogP contribution in [0.1, 0.15) is 57.9 Å². The van der Waals surface area contributed by atoms with E-state index >= 15 is 0 Å². The highest BCUT2D eigenvalue weighted by atomic mass is 127. The van der Waals surface area contributed by atoms with Crippen LogP contribution in [-0.4, -0.2) is 54.5 Å². The van der Waals surface area contributed by atoms with E-state index in [9.17, 15) is 4.79 Å². The number of carbonyl (C=O) groups excluding carboxylic acids is 1. The van der Waals surface area contributed by atoms with Gasteiger partial charge in [0.25, 0.3) is 0 Å². The van der Waals surface area contributed by atoms with Crippen molar-refractivity contribution in [3.8, 4) is 5.88 Å². The van der Waals surface area contributed by atoms with Gasteiger partial charge in [-0.05, 0) is 38.7 Å². The van der Waals surface area contributed by atoms with Gasteiger partial charge in [-0.2, -0.15) is 0 Å². The normalized spacial score (nSPS) is 14.8. The van der Waals surface area contributed by atoms with E-state index in [4.69, 9.17) is 4.74 Å². The Hall–Kier alpha value is -1.58. The van der Waals surface area contributed by atoms with Crippen molar-refractivity contribution in [1.29, 1.82) is 0 Å². The third-order valence-electron chi connectivity index (χ3n) is 4.61. The fraction of sp³-hybridized carbons (Fsp3) is 0.667. The number of likely N-dealkylation sites (tertiary alicyclic amines) is 1. The van der Waals surface area contributed by atoms with Gasteiger partial charge in [0.2, 0.25) is 11.8 Å². The predicted molar refractivity (Wildman–Crippen MR) is 128 cm³/mol. The van der Waals surface area contributed by atoms with Crippen LogP contribution < -0.4 is 15.4 Å². The summed E-state index contributed by atoms with van der Waals surface area (Å²) >= 11 is 0. The Kier molecular flexibility index (Phi) is 13.4. The van der Waals surface area contributed by atoms with E-state index in [2.05, 4.69) is 27.5 Å². The van der Waals surface area contributed by atoms with E-state index in [1.165, 1.54) is 0 Å². The van der Waals surface area contributed by atoms with Gasteiger partial charge in [-0.3, -0.25) is 4.79 Å². The number of hydrogen-bond acceptors (Lipinski definition) is 4. The fourth-order valence-electron chi connectivity index (χ4n) is 3.13. The Morgan fingerprint density at radius 1 is 1.28 bits per heavy atom. The molecule has 1 saturated heterocycles. The largest absolute Gasteiger partial charge is 0.477 e. The number of carbonyl (C=O) groups is 1. The lowest BCUT2D eigenvalue weighted by Crippen LogP contribution is -2.39. The molecule has 29 heavy (non-hydrogen) atoms. The van der Waals surface area contributed by atoms with E-state index in [0.29, 0.717) is 31.4 Å². The number of amides is 1. The lowest BCUT2D eigenvalue weighted by atomic mass is 10.2. The van der Waals surface area contributed by atoms with Crippen LogP contribution in [0.2, 0.25) is 0 Å². The monoisotopic (exact) mass is 517 g/mol. The molecule has 1 amide bonds. The quantitative estimate of drug-likeness (QED) is 0.216. The van der Waals surface area contributed by atoms with E-state index in [1.54, 1.807) is 6.20 Å². The van der Waals surface area contributed by atoms with Gasteiger partial charge in [0, 0.05) is 44.4 Å². The predicted octanol–water partition coefficient (Wildman–Crippen LogP) is 3.34.